The number of anilines is 1. The highest BCUT2D eigenvalue weighted by Gasteiger charge is 2.16. The Balaban J connectivity index is 1.46. The summed E-state index contributed by atoms with van der Waals surface area (Å²) in [5, 5.41) is 19.7. The van der Waals surface area contributed by atoms with E-state index in [1.54, 1.807) is 36.4 Å². The summed E-state index contributed by atoms with van der Waals surface area (Å²) in [7, 11) is 0. The summed E-state index contributed by atoms with van der Waals surface area (Å²) in [5.41, 5.74) is 0.887. The van der Waals surface area contributed by atoms with E-state index in [4.69, 9.17) is 10.3 Å². The third-order valence-electron chi connectivity index (χ3n) is 3.51. The molecule has 0 fully saturated rings. The number of carbonyl (C=O) groups excluding carboxylic acids is 1. The van der Waals surface area contributed by atoms with Gasteiger partial charge in [0, 0.05) is 5.69 Å². The third kappa shape index (κ3) is 3.65. The van der Waals surface area contributed by atoms with Gasteiger partial charge in [0.15, 0.2) is 11.5 Å². The highest BCUT2D eigenvalue weighted by molar-refractivity contribution is 7.99. The minimum absolute atomic E-state index is 0.202. The average molecular weight is 379 g/mol. The average Bonchev–Trinajstić information content (AvgIpc) is 3.34. The van der Waals surface area contributed by atoms with Gasteiger partial charge < -0.3 is 15.6 Å². The number of hydrogen-bond acceptors (Lipinski definition) is 8. The number of nitrogens with zero attached hydrogens (tertiary/aromatic N) is 5. The van der Waals surface area contributed by atoms with Crippen molar-refractivity contribution in [3.63, 3.8) is 0 Å². The van der Waals surface area contributed by atoms with E-state index < -0.39 is 0 Å². The molecule has 3 aromatic heterocycles. The molecule has 0 saturated heterocycles. The number of amides is 1. The van der Waals surface area contributed by atoms with E-state index in [-0.39, 0.29) is 11.6 Å². The van der Waals surface area contributed by atoms with Crippen LogP contribution in [0.15, 0.2) is 75.5 Å². The smallest absolute Gasteiger partial charge is 0.276 e. The van der Waals surface area contributed by atoms with Crippen molar-refractivity contribution in [3.05, 3.63) is 66.6 Å². The summed E-state index contributed by atoms with van der Waals surface area (Å²) in [4.78, 5) is 12.2. The molecule has 0 unspecified atom stereocenters. The van der Waals surface area contributed by atoms with E-state index in [1.165, 1.54) is 22.7 Å². The van der Waals surface area contributed by atoms with E-state index in [0.717, 1.165) is 0 Å². The second kappa shape index (κ2) is 7.30. The zero-order chi connectivity index (χ0) is 18.6. The largest absolute Gasteiger partial charge is 0.461 e. The molecule has 134 valence electrons. The molecule has 10 heteroatoms. The Kier molecular flexibility index (Phi) is 4.54. The first-order chi connectivity index (χ1) is 13.2. The minimum atomic E-state index is -0.340. The standard InChI is InChI=1S/C17H13N7O2S/c18-24-15(13-7-4-10-26-13)22-23-17(24)27-14-9-8-12(20-21-14)16(25)19-11-5-2-1-3-6-11/h1-10H,18H2,(H,19,25). The molecule has 0 spiro atoms. The topological polar surface area (TPSA) is 125 Å². The maximum absolute atomic E-state index is 12.2. The van der Waals surface area contributed by atoms with Crippen LogP contribution in [0, 0.1) is 0 Å². The highest BCUT2D eigenvalue weighted by Crippen LogP contribution is 2.26. The predicted octanol–water partition coefficient (Wildman–Crippen LogP) is 2.45. The molecule has 0 aliphatic carbocycles. The monoisotopic (exact) mass is 379 g/mol. The predicted molar refractivity (Wildman–Crippen MR) is 98.4 cm³/mol. The van der Waals surface area contributed by atoms with Crippen LogP contribution in [-0.4, -0.2) is 31.0 Å². The molecule has 4 rings (SSSR count). The van der Waals surface area contributed by atoms with Gasteiger partial charge in [-0.15, -0.1) is 20.4 Å². The summed E-state index contributed by atoms with van der Waals surface area (Å²) in [6.07, 6.45) is 1.53. The van der Waals surface area contributed by atoms with Gasteiger partial charge in [0.2, 0.25) is 11.0 Å². The van der Waals surface area contributed by atoms with Crippen LogP contribution < -0.4 is 11.2 Å². The van der Waals surface area contributed by atoms with Crippen LogP contribution in [0.3, 0.4) is 0 Å². The number of nitrogen functional groups attached to an aromatic ring is 1. The number of furan rings is 1. The molecule has 0 bridgehead atoms. The van der Waals surface area contributed by atoms with Crippen molar-refractivity contribution in [1.82, 2.24) is 25.1 Å². The number of carbonyl (C=O) groups is 1. The quantitative estimate of drug-likeness (QED) is 0.507. The van der Waals surface area contributed by atoms with E-state index in [0.29, 0.717) is 27.5 Å². The summed E-state index contributed by atoms with van der Waals surface area (Å²) in [6.45, 7) is 0. The highest BCUT2D eigenvalue weighted by atomic mass is 32.2. The molecule has 0 radical (unpaired) electrons. The van der Waals surface area contributed by atoms with Gasteiger partial charge in [-0.25, -0.2) is 4.68 Å². The van der Waals surface area contributed by atoms with Crippen LogP contribution in [0.5, 0.6) is 0 Å². The first-order valence-electron chi connectivity index (χ1n) is 7.83. The zero-order valence-electron chi connectivity index (χ0n) is 13.8. The lowest BCUT2D eigenvalue weighted by Gasteiger charge is -2.04. The fourth-order valence-corrected chi connectivity index (χ4v) is 2.90. The Morgan fingerprint density at radius 1 is 1.00 bits per heavy atom. The molecule has 0 aliphatic rings. The van der Waals surface area contributed by atoms with Gasteiger partial charge in [-0.3, -0.25) is 4.79 Å². The van der Waals surface area contributed by atoms with Crippen LogP contribution in [0.4, 0.5) is 5.69 Å². The van der Waals surface area contributed by atoms with Gasteiger partial charge >= 0.3 is 0 Å². The minimum Gasteiger partial charge on any atom is -0.461 e. The van der Waals surface area contributed by atoms with Gasteiger partial charge in [-0.1, -0.05) is 18.2 Å². The van der Waals surface area contributed by atoms with Crippen molar-refractivity contribution in [3.8, 4) is 11.6 Å². The number of rotatable bonds is 5. The molecule has 27 heavy (non-hydrogen) atoms. The molecule has 0 aliphatic heterocycles. The summed E-state index contributed by atoms with van der Waals surface area (Å²) >= 11 is 1.17. The van der Waals surface area contributed by atoms with E-state index >= 15 is 0 Å². The SMILES string of the molecule is Nn1c(Sc2ccc(C(=O)Nc3ccccc3)nn2)nnc1-c1ccco1. The maximum Gasteiger partial charge on any atom is 0.276 e. The van der Waals surface area contributed by atoms with Crippen molar-refractivity contribution < 1.29 is 9.21 Å². The number of nitrogens with one attached hydrogen (secondary N) is 1. The molecule has 4 aromatic rings. The molecule has 0 saturated carbocycles. The Labute approximate surface area is 157 Å². The van der Waals surface area contributed by atoms with E-state index in [2.05, 4.69) is 25.7 Å². The first-order valence-corrected chi connectivity index (χ1v) is 8.65. The molecule has 1 amide bonds. The Morgan fingerprint density at radius 3 is 2.56 bits per heavy atom. The molecular formula is C17H13N7O2S. The lowest BCUT2D eigenvalue weighted by Crippen LogP contribution is -2.14. The second-order valence-corrected chi connectivity index (χ2v) is 6.32. The van der Waals surface area contributed by atoms with E-state index in [9.17, 15) is 4.79 Å². The van der Waals surface area contributed by atoms with Crippen LogP contribution >= 0.6 is 11.8 Å². The van der Waals surface area contributed by atoms with Crippen molar-refractivity contribution in [1.29, 1.82) is 0 Å². The van der Waals surface area contributed by atoms with Crippen molar-refractivity contribution in [2.45, 2.75) is 10.2 Å². The Hall–Kier alpha value is -3.66. The summed E-state index contributed by atoms with van der Waals surface area (Å²) < 4.78 is 6.58. The lowest BCUT2D eigenvalue weighted by atomic mass is 10.3. The molecule has 1 aromatic carbocycles. The number of benzene rings is 1. The van der Waals surface area contributed by atoms with Crippen LogP contribution in [0.25, 0.3) is 11.6 Å². The number of hydrogen-bond donors (Lipinski definition) is 2. The number of nitrogens with two attached hydrogens (primary N) is 1. The Morgan fingerprint density at radius 2 is 1.85 bits per heavy atom. The summed E-state index contributed by atoms with van der Waals surface area (Å²) in [5.74, 6) is 6.57. The molecule has 3 heterocycles. The van der Waals surface area contributed by atoms with E-state index in [1.807, 2.05) is 18.2 Å². The fraction of sp³-hybridized carbons (Fsp3) is 0. The van der Waals surface area contributed by atoms with Crippen LogP contribution in [0.2, 0.25) is 0 Å². The number of aromatic nitrogens is 5. The summed E-state index contributed by atoms with van der Waals surface area (Å²) in [6, 6.07) is 15.8. The Bertz CT molecular complexity index is 1050. The maximum atomic E-state index is 12.2. The van der Waals surface area contributed by atoms with Gasteiger partial charge in [-0.2, -0.15) is 0 Å². The van der Waals surface area contributed by atoms with Crippen molar-refractivity contribution >= 4 is 23.4 Å². The molecule has 0 atom stereocenters. The van der Waals surface area contributed by atoms with Gasteiger partial charge in [0.25, 0.3) is 5.91 Å². The normalized spacial score (nSPS) is 10.7. The van der Waals surface area contributed by atoms with Crippen molar-refractivity contribution in [2.75, 3.05) is 11.2 Å². The first kappa shape index (κ1) is 16.8. The fourth-order valence-electron chi connectivity index (χ4n) is 2.23. The number of para-hydroxylation sites is 1. The third-order valence-corrected chi connectivity index (χ3v) is 4.39. The molecule has 3 N–H and O–H groups in total. The molecular weight excluding hydrogens is 366 g/mol. The van der Waals surface area contributed by atoms with Gasteiger partial charge in [0.05, 0.1) is 6.26 Å². The van der Waals surface area contributed by atoms with Crippen LogP contribution in [-0.2, 0) is 0 Å². The lowest BCUT2D eigenvalue weighted by molar-refractivity contribution is 0.102. The van der Waals surface area contributed by atoms with Gasteiger partial charge in [-0.05, 0) is 48.2 Å². The molecule has 9 nitrogen and oxygen atoms in total. The van der Waals surface area contributed by atoms with Gasteiger partial charge in [0.1, 0.15) is 5.03 Å². The second-order valence-electron chi connectivity index (χ2n) is 5.33. The van der Waals surface area contributed by atoms with Crippen LogP contribution in [0.1, 0.15) is 10.5 Å². The zero-order valence-corrected chi connectivity index (χ0v) is 14.6. The van der Waals surface area contributed by atoms with Crippen molar-refractivity contribution in [2.24, 2.45) is 0 Å².